The summed E-state index contributed by atoms with van der Waals surface area (Å²) in [6.07, 6.45) is 7.78. The summed E-state index contributed by atoms with van der Waals surface area (Å²) in [6.45, 7) is 14.3. The highest BCUT2D eigenvalue weighted by atomic mass is 16.7. The molecule has 2 aliphatic rings. The molecule has 33 heavy (non-hydrogen) atoms. The van der Waals surface area contributed by atoms with Crippen LogP contribution in [0.15, 0.2) is 65.3 Å². The summed E-state index contributed by atoms with van der Waals surface area (Å²) in [6, 6.07) is 14.1. The number of hydrogen-bond donors (Lipinski definition) is 0. The Morgan fingerprint density at radius 1 is 1.06 bits per heavy atom. The van der Waals surface area contributed by atoms with E-state index in [4.69, 9.17) is 14.7 Å². The van der Waals surface area contributed by atoms with E-state index >= 15 is 0 Å². The van der Waals surface area contributed by atoms with Crippen LogP contribution in [0.5, 0.6) is 11.5 Å². The highest BCUT2D eigenvalue weighted by molar-refractivity contribution is 5.99. The van der Waals surface area contributed by atoms with Gasteiger partial charge in [0.05, 0.1) is 11.6 Å². The molecule has 4 heteroatoms. The van der Waals surface area contributed by atoms with Gasteiger partial charge in [0.15, 0.2) is 11.5 Å². The Morgan fingerprint density at radius 2 is 1.79 bits per heavy atom. The molecule has 0 fully saturated rings. The highest BCUT2D eigenvalue weighted by Gasteiger charge is 2.12. The van der Waals surface area contributed by atoms with Gasteiger partial charge in [-0.15, -0.1) is 0 Å². The van der Waals surface area contributed by atoms with Crippen molar-refractivity contribution in [2.75, 3.05) is 6.79 Å². The maximum absolute atomic E-state index is 8.59. The Hall–Kier alpha value is -3.32. The molecule has 1 heterocycles. The van der Waals surface area contributed by atoms with Crippen LogP contribution < -0.4 is 9.47 Å². The molecule has 0 spiro atoms. The van der Waals surface area contributed by atoms with Crippen molar-refractivity contribution in [3.05, 3.63) is 82.6 Å². The van der Waals surface area contributed by atoms with E-state index in [2.05, 4.69) is 44.5 Å². The van der Waals surface area contributed by atoms with Crippen molar-refractivity contribution in [1.82, 2.24) is 0 Å². The normalized spacial score (nSPS) is 14.4. The number of allylic oxidation sites excluding steroid dienone is 2. The van der Waals surface area contributed by atoms with Gasteiger partial charge in [-0.3, -0.25) is 4.99 Å². The molecule has 0 atom stereocenters. The fourth-order valence-corrected chi connectivity index (χ4v) is 3.78. The molecule has 2 aromatic rings. The number of hydrogen-bond acceptors (Lipinski definition) is 4. The second-order valence-electron chi connectivity index (χ2n) is 8.33. The molecule has 0 unspecified atom stereocenters. The minimum atomic E-state index is 0.364. The molecule has 1 aliphatic heterocycles. The molecule has 0 saturated heterocycles. The lowest BCUT2D eigenvalue weighted by Crippen LogP contribution is -2.05. The summed E-state index contributed by atoms with van der Waals surface area (Å²) < 4.78 is 10.4. The Bertz CT molecular complexity index is 1050. The highest BCUT2D eigenvalue weighted by Crippen LogP contribution is 2.32. The Balaban J connectivity index is 0.000000176. The average Bonchev–Trinajstić information content (AvgIpc) is 3.30. The smallest absolute Gasteiger partial charge is 0.231 e. The zero-order valence-corrected chi connectivity index (χ0v) is 20.7. The van der Waals surface area contributed by atoms with Gasteiger partial charge in [0, 0.05) is 11.9 Å². The Morgan fingerprint density at radius 3 is 2.42 bits per heavy atom. The number of aryl methyl sites for hydroxylation is 3. The standard InChI is InChI=1S/C11H17N.C9H9N.C9H10O2/c1-4-12-10(3)11-8-6-5-7-9(11)2;1-7-3-4-8(2)9(5-7)6-10;1-2-7-3-4-8-9(5-7)11-6-10-8/h4H,1,5-8H2,2-3H3;3-5H,1-2H3;3-5H,2,6H2,1H3. The first-order valence-electron chi connectivity index (χ1n) is 11.6. The van der Waals surface area contributed by atoms with Gasteiger partial charge >= 0.3 is 0 Å². The minimum absolute atomic E-state index is 0.364. The Labute approximate surface area is 199 Å². The molecular weight excluding hydrogens is 408 g/mol. The van der Waals surface area contributed by atoms with Gasteiger partial charge in [0.2, 0.25) is 6.79 Å². The molecule has 0 bridgehead atoms. The zero-order valence-electron chi connectivity index (χ0n) is 20.7. The van der Waals surface area contributed by atoms with Crippen molar-refractivity contribution in [3.63, 3.8) is 0 Å². The summed E-state index contributed by atoms with van der Waals surface area (Å²) in [7, 11) is 0. The first-order chi connectivity index (χ1) is 15.9. The van der Waals surface area contributed by atoms with Crippen LogP contribution in [0.2, 0.25) is 0 Å². The van der Waals surface area contributed by atoms with Crippen molar-refractivity contribution in [1.29, 1.82) is 5.26 Å². The fraction of sp³-hybridized carbons (Fsp3) is 0.379. The van der Waals surface area contributed by atoms with Crippen LogP contribution in [0.1, 0.15) is 68.7 Å². The third-order valence-electron chi connectivity index (χ3n) is 5.82. The van der Waals surface area contributed by atoms with Gasteiger partial charge in [-0.25, -0.2) is 0 Å². The molecule has 0 radical (unpaired) electrons. The summed E-state index contributed by atoms with van der Waals surface area (Å²) in [4.78, 5) is 4.22. The topological polar surface area (TPSA) is 54.6 Å². The fourth-order valence-electron chi connectivity index (χ4n) is 3.78. The minimum Gasteiger partial charge on any atom is -0.454 e. The number of fused-ring (bicyclic) bond motifs is 1. The van der Waals surface area contributed by atoms with Crippen LogP contribution in [0.25, 0.3) is 0 Å². The predicted octanol–water partition coefficient (Wildman–Crippen LogP) is 7.63. The largest absolute Gasteiger partial charge is 0.454 e. The van der Waals surface area contributed by atoms with Crippen molar-refractivity contribution in [2.24, 2.45) is 4.99 Å². The molecule has 4 nitrogen and oxygen atoms in total. The number of nitriles is 1. The maximum Gasteiger partial charge on any atom is 0.231 e. The van der Waals surface area contributed by atoms with Crippen LogP contribution in [0, 0.1) is 25.2 Å². The van der Waals surface area contributed by atoms with Gasteiger partial charge in [-0.05, 0) is 100 Å². The van der Waals surface area contributed by atoms with Crippen molar-refractivity contribution >= 4 is 5.71 Å². The first-order valence-corrected chi connectivity index (χ1v) is 11.6. The van der Waals surface area contributed by atoms with Crippen molar-refractivity contribution in [2.45, 2.75) is 66.7 Å². The quantitative estimate of drug-likeness (QED) is 0.457. The molecule has 0 saturated carbocycles. The third kappa shape index (κ3) is 7.95. The monoisotopic (exact) mass is 444 g/mol. The van der Waals surface area contributed by atoms with Crippen LogP contribution in [-0.2, 0) is 6.42 Å². The molecule has 0 N–H and O–H groups in total. The lowest BCUT2D eigenvalue weighted by atomic mass is 9.90. The van der Waals surface area contributed by atoms with Crippen LogP contribution in [-0.4, -0.2) is 12.5 Å². The Kier molecular flexibility index (Phi) is 10.4. The van der Waals surface area contributed by atoms with Gasteiger partial charge in [0.1, 0.15) is 0 Å². The van der Waals surface area contributed by atoms with E-state index < -0.39 is 0 Å². The van der Waals surface area contributed by atoms with E-state index in [1.54, 1.807) is 6.20 Å². The number of rotatable bonds is 3. The van der Waals surface area contributed by atoms with E-state index in [0.717, 1.165) is 40.3 Å². The number of ether oxygens (including phenoxy) is 2. The SMILES string of the molecule is C=CN=C(C)C1=C(C)CCCC1.CCc1ccc2c(c1)OCO2.Cc1ccc(C)c(C#N)c1. The second-order valence-corrected chi connectivity index (χ2v) is 8.33. The third-order valence-corrected chi connectivity index (χ3v) is 5.82. The first kappa shape index (κ1) is 25.9. The second kappa shape index (κ2) is 13.3. The molecule has 2 aromatic carbocycles. The van der Waals surface area contributed by atoms with E-state index in [9.17, 15) is 0 Å². The van der Waals surface area contributed by atoms with E-state index in [1.165, 1.54) is 42.4 Å². The number of aliphatic imine (C=N–C) groups is 1. The zero-order chi connectivity index (χ0) is 24.2. The lowest BCUT2D eigenvalue weighted by molar-refractivity contribution is 0.174. The van der Waals surface area contributed by atoms with Gasteiger partial charge in [0.25, 0.3) is 0 Å². The molecule has 174 valence electrons. The predicted molar refractivity (Wildman–Crippen MR) is 137 cm³/mol. The summed E-state index contributed by atoms with van der Waals surface area (Å²) in [5.41, 5.74) is 8.39. The molecular formula is C29H36N2O2. The summed E-state index contributed by atoms with van der Waals surface area (Å²) in [5.74, 6) is 1.74. The maximum atomic E-state index is 8.59. The van der Waals surface area contributed by atoms with Crippen molar-refractivity contribution < 1.29 is 9.47 Å². The van der Waals surface area contributed by atoms with E-state index in [0.29, 0.717) is 6.79 Å². The molecule has 1 aliphatic carbocycles. The number of benzene rings is 2. The van der Waals surface area contributed by atoms with Gasteiger partial charge < -0.3 is 9.47 Å². The molecule has 0 amide bonds. The van der Waals surface area contributed by atoms with E-state index in [1.807, 2.05) is 44.2 Å². The summed E-state index contributed by atoms with van der Waals surface area (Å²) >= 11 is 0. The lowest BCUT2D eigenvalue weighted by Gasteiger charge is -2.16. The van der Waals surface area contributed by atoms with Crippen LogP contribution in [0.4, 0.5) is 0 Å². The van der Waals surface area contributed by atoms with Crippen LogP contribution >= 0.6 is 0 Å². The molecule has 4 rings (SSSR count). The van der Waals surface area contributed by atoms with Gasteiger partial charge in [-0.2, -0.15) is 5.26 Å². The van der Waals surface area contributed by atoms with Gasteiger partial charge in [-0.1, -0.05) is 37.3 Å². The van der Waals surface area contributed by atoms with Crippen molar-refractivity contribution in [3.8, 4) is 17.6 Å². The van der Waals surface area contributed by atoms with E-state index in [-0.39, 0.29) is 0 Å². The summed E-state index contributed by atoms with van der Waals surface area (Å²) in [5, 5.41) is 8.59. The molecule has 0 aromatic heterocycles. The van der Waals surface area contributed by atoms with Crippen LogP contribution in [0.3, 0.4) is 0 Å². The average molecular weight is 445 g/mol. The number of nitrogens with zero attached hydrogens (tertiary/aromatic N) is 2.